The second-order valence-corrected chi connectivity index (χ2v) is 11.0. The van der Waals surface area contributed by atoms with Crippen LogP contribution in [0.4, 0.5) is 20.3 Å². The second kappa shape index (κ2) is 8.73. The fourth-order valence-electron chi connectivity index (χ4n) is 6.30. The molecule has 0 atom stereocenters. The van der Waals surface area contributed by atoms with Gasteiger partial charge in [-0.3, -0.25) is 19.4 Å². The number of piperidine rings is 1. The van der Waals surface area contributed by atoms with Gasteiger partial charge in [-0.25, -0.2) is 13.8 Å². The van der Waals surface area contributed by atoms with Crippen LogP contribution < -0.4 is 15.0 Å². The zero-order valence-corrected chi connectivity index (χ0v) is 20.7. The first-order valence-corrected chi connectivity index (χ1v) is 12.8. The smallest absolute Gasteiger partial charge is 0.263 e. The normalized spacial score (nSPS) is 26.3. The van der Waals surface area contributed by atoms with E-state index in [1.165, 1.54) is 12.1 Å². The van der Waals surface area contributed by atoms with Crippen molar-refractivity contribution in [3.8, 4) is 5.75 Å². The van der Waals surface area contributed by atoms with Gasteiger partial charge in [-0.15, -0.1) is 0 Å². The summed E-state index contributed by atoms with van der Waals surface area (Å²) in [6.07, 6.45) is 1.57. The van der Waals surface area contributed by atoms with Crippen molar-refractivity contribution in [2.45, 2.75) is 62.5 Å². The van der Waals surface area contributed by atoms with Gasteiger partial charge in [0.25, 0.3) is 6.43 Å². The minimum Gasteiger partial charge on any atom is -0.491 e. The Hall–Kier alpha value is -3.11. The molecule has 0 radical (unpaired) electrons. The first-order valence-electron chi connectivity index (χ1n) is 12.8. The number of aliphatic hydroxyl groups is 1. The Bertz CT molecular complexity index is 1250. The highest BCUT2D eigenvalue weighted by Crippen LogP contribution is 2.46. The summed E-state index contributed by atoms with van der Waals surface area (Å²) in [5.41, 5.74) is 0.624. The Morgan fingerprint density at radius 2 is 1.97 bits per heavy atom. The fraction of sp³-hybridized carbons (Fsp3) is 0.519. The average Bonchev–Trinajstić information content (AvgIpc) is 3.30. The molecule has 1 aliphatic carbocycles. The molecule has 4 heterocycles. The number of likely N-dealkylation sites (tertiary alicyclic amines) is 1. The first kappa shape index (κ1) is 24.2. The topological polar surface area (TPSA) is 95.0 Å². The van der Waals surface area contributed by atoms with Gasteiger partial charge in [0, 0.05) is 29.4 Å². The van der Waals surface area contributed by atoms with E-state index in [9.17, 15) is 23.5 Å². The monoisotopic (exact) mass is 512 g/mol. The molecule has 1 saturated carbocycles. The summed E-state index contributed by atoms with van der Waals surface area (Å²) in [5, 5.41) is 12.9. The van der Waals surface area contributed by atoms with Crippen LogP contribution >= 0.6 is 0 Å². The number of ether oxygens (including phenoxy) is 1. The highest BCUT2D eigenvalue weighted by molar-refractivity contribution is 6.06. The Balaban J connectivity index is 1.04. The highest BCUT2D eigenvalue weighted by atomic mass is 19.3. The Morgan fingerprint density at radius 1 is 1.22 bits per heavy atom. The highest BCUT2D eigenvalue weighted by Gasteiger charge is 2.49. The van der Waals surface area contributed by atoms with E-state index in [0.717, 1.165) is 5.56 Å². The van der Waals surface area contributed by atoms with E-state index in [4.69, 9.17) is 4.74 Å². The van der Waals surface area contributed by atoms with E-state index in [1.54, 1.807) is 24.1 Å². The minimum atomic E-state index is -2.57. The molecule has 0 bridgehead atoms. The molecule has 196 valence electrons. The molecule has 10 heteroatoms. The molecule has 4 aliphatic rings. The van der Waals surface area contributed by atoms with Gasteiger partial charge in [-0.05, 0) is 69.5 Å². The molecule has 1 aromatic carbocycles. The molecule has 1 spiro atoms. The Morgan fingerprint density at radius 3 is 2.68 bits per heavy atom. The number of halogens is 2. The van der Waals surface area contributed by atoms with Crippen molar-refractivity contribution < 1.29 is 28.2 Å². The lowest BCUT2D eigenvalue weighted by molar-refractivity contribution is -0.122. The third kappa shape index (κ3) is 4.16. The molecule has 8 nitrogen and oxygen atoms in total. The first-order chi connectivity index (χ1) is 17.6. The van der Waals surface area contributed by atoms with Crippen molar-refractivity contribution in [2.75, 3.05) is 36.5 Å². The quantitative estimate of drug-likeness (QED) is 0.618. The number of nitrogens with zero attached hydrogens (tertiary/aromatic N) is 3. The number of amides is 2. The van der Waals surface area contributed by atoms with Crippen LogP contribution in [0.15, 0.2) is 30.5 Å². The number of carbonyl (C=O) groups is 2. The van der Waals surface area contributed by atoms with E-state index in [1.807, 2.05) is 6.07 Å². The Labute approximate surface area is 213 Å². The largest absolute Gasteiger partial charge is 0.491 e. The number of anilines is 2. The van der Waals surface area contributed by atoms with Crippen molar-refractivity contribution in [1.29, 1.82) is 0 Å². The number of nitrogens with one attached hydrogen (secondary N) is 1. The maximum atomic E-state index is 13.3. The van der Waals surface area contributed by atoms with E-state index in [-0.39, 0.29) is 29.8 Å². The standard InChI is InChI=1S/C27H30F2N4O4/c1-26(36)13-18(14-26)33-22(34)12-17-10-19(15-30-24(17)33)37-9-8-32-6-4-27(5-7-32)20-11-16(23(28)29)2-3-21(20)31-25(27)35/h2-3,10-11,15,18,23,36H,4-9,12-14H2,1H3,(H,31,35). The lowest BCUT2D eigenvalue weighted by Gasteiger charge is -2.45. The zero-order valence-electron chi connectivity index (χ0n) is 20.7. The van der Waals surface area contributed by atoms with E-state index in [2.05, 4.69) is 15.2 Å². The van der Waals surface area contributed by atoms with Gasteiger partial charge in [0.05, 0.1) is 23.6 Å². The number of carbonyl (C=O) groups excluding carboxylic acids is 2. The predicted molar refractivity (Wildman–Crippen MR) is 132 cm³/mol. The maximum absolute atomic E-state index is 13.3. The van der Waals surface area contributed by atoms with Crippen molar-refractivity contribution in [3.05, 3.63) is 47.2 Å². The average molecular weight is 513 g/mol. The van der Waals surface area contributed by atoms with Gasteiger partial charge >= 0.3 is 0 Å². The zero-order chi connectivity index (χ0) is 25.9. The number of hydrogen-bond donors (Lipinski definition) is 2. The van der Waals surface area contributed by atoms with Gasteiger partial charge in [0.1, 0.15) is 18.2 Å². The Kier molecular flexibility index (Phi) is 5.72. The van der Waals surface area contributed by atoms with E-state index >= 15 is 0 Å². The fourth-order valence-corrected chi connectivity index (χ4v) is 6.30. The van der Waals surface area contributed by atoms with Gasteiger partial charge in [0.15, 0.2) is 0 Å². The second-order valence-electron chi connectivity index (χ2n) is 11.0. The third-order valence-corrected chi connectivity index (χ3v) is 8.35. The third-order valence-electron chi connectivity index (χ3n) is 8.35. The number of benzene rings is 1. The molecule has 2 fully saturated rings. The lowest BCUT2D eigenvalue weighted by atomic mass is 9.73. The molecule has 3 aliphatic heterocycles. The van der Waals surface area contributed by atoms with Crippen molar-refractivity contribution in [3.63, 3.8) is 0 Å². The van der Waals surface area contributed by atoms with Crippen LogP contribution in [0.3, 0.4) is 0 Å². The molecule has 1 aromatic heterocycles. The molecular formula is C27H30F2N4O4. The van der Waals surface area contributed by atoms with Crippen LogP contribution in [0.25, 0.3) is 0 Å². The van der Waals surface area contributed by atoms with Crippen LogP contribution in [0.1, 0.15) is 55.7 Å². The summed E-state index contributed by atoms with van der Waals surface area (Å²) >= 11 is 0. The molecule has 1 saturated heterocycles. The molecule has 6 rings (SSSR count). The van der Waals surface area contributed by atoms with Crippen LogP contribution in [-0.4, -0.2) is 64.7 Å². The molecular weight excluding hydrogens is 482 g/mol. The van der Waals surface area contributed by atoms with Crippen molar-refractivity contribution in [1.82, 2.24) is 9.88 Å². The van der Waals surface area contributed by atoms with Crippen LogP contribution in [0.5, 0.6) is 5.75 Å². The number of aromatic nitrogens is 1. The molecule has 2 N–H and O–H groups in total. The summed E-state index contributed by atoms with van der Waals surface area (Å²) in [4.78, 5) is 33.8. The summed E-state index contributed by atoms with van der Waals surface area (Å²) < 4.78 is 32.5. The van der Waals surface area contributed by atoms with Gasteiger partial charge in [-0.1, -0.05) is 6.07 Å². The summed E-state index contributed by atoms with van der Waals surface area (Å²) in [7, 11) is 0. The van der Waals surface area contributed by atoms with Crippen LogP contribution in [0, 0.1) is 0 Å². The van der Waals surface area contributed by atoms with Gasteiger partial charge in [-0.2, -0.15) is 0 Å². The van der Waals surface area contributed by atoms with E-state index < -0.39 is 17.4 Å². The predicted octanol–water partition coefficient (Wildman–Crippen LogP) is 3.19. The molecule has 2 amide bonds. The van der Waals surface area contributed by atoms with Crippen LogP contribution in [0.2, 0.25) is 0 Å². The van der Waals surface area contributed by atoms with Crippen molar-refractivity contribution in [2.24, 2.45) is 0 Å². The van der Waals surface area contributed by atoms with Gasteiger partial charge < -0.3 is 15.2 Å². The van der Waals surface area contributed by atoms with Crippen molar-refractivity contribution >= 4 is 23.3 Å². The number of hydrogen-bond acceptors (Lipinski definition) is 6. The summed E-state index contributed by atoms with van der Waals surface area (Å²) in [6, 6.07) is 6.28. The number of rotatable bonds is 6. The SMILES string of the molecule is CC1(O)CC(N2C(=O)Cc3cc(OCCN4CCC5(CC4)C(=O)Nc4ccc(C(F)F)cc45)cnc32)C1. The summed E-state index contributed by atoms with van der Waals surface area (Å²) in [6.45, 7) is 4.18. The number of pyridine rings is 1. The minimum absolute atomic E-state index is 0.000546. The van der Waals surface area contributed by atoms with E-state index in [0.29, 0.717) is 74.7 Å². The number of fused-ring (bicyclic) bond motifs is 3. The maximum Gasteiger partial charge on any atom is 0.263 e. The lowest BCUT2D eigenvalue weighted by Crippen LogP contribution is -2.55. The van der Waals surface area contributed by atoms with Crippen LogP contribution in [-0.2, 0) is 21.4 Å². The van der Waals surface area contributed by atoms with Gasteiger partial charge in [0.2, 0.25) is 11.8 Å². The number of alkyl halides is 2. The summed E-state index contributed by atoms with van der Waals surface area (Å²) in [5.74, 6) is 1.15. The molecule has 0 unspecified atom stereocenters. The molecule has 37 heavy (non-hydrogen) atoms. The molecule has 2 aromatic rings.